The van der Waals surface area contributed by atoms with Crippen molar-refractivity contribution in [3.8, 4) is 75.1 Å². The number of hydrogen-bond acceptors (Lipinski definition) is 2. The lowest BCUT2D eigenvalue weighted by Gasteiger charge is -2.21. The van der Waals surface area contributed by atoms with Crippen LogP contribution in [0.25, 0.3) is 118 Å². The Bertz CT molecular complexity index is 3130. The molecule has 2 heteroatoms. The topological polar surface area (TPSA) is 0 Å². The summed E-state index contributed by atoms with van der Waals surface area (Å²) in [5.74, 6) is 0. The van der Waals surface area contributed by atoms with E-state index in [9.17, 15) is 0 Å². The van der Waals surface area contributed by atoms with Crippen LogP contribution in [0.5, 0.6) is 0 Å². The van der Waals surface area contributed by atoms with Crippen LogP contribution >= 0.6 is 22.7 Å². The molecular weight excluding hydrogens is 785 g/mol. The van der Waals surface area contributed by atoms with Crippen LogP contribution < -0.4 is 0 Å². The van der Waals surface area contributed by atoms with Gasteiger partial charge in [-0.2, -0.15) is 0 Å². The van der Waals surface area contributed by atoms with Crippen molar-refractivity contribution in [2.24, 2.45) is 0 Å². The number of hydrogen-bond donors (Lipinski definition) is 0. The highest BCUT2D eigenvalue weighted by molar-refractivity contribution is 7.20. The molecule has 0 saturated heterocycles. The molecule has 0 fully saturated rings. The highest BCUT2D eigenvalue weighted by Gasteiger charge is 2.25. The molecule has 0 radical (unpaired) electrons. The minimum Gasteiger partial charge on any atom is -0.135 e. The van der Waals surface area contributed by atoms with Crippen molar-refractivity contribution >= 4 is 65.8 Å². The lowest BCUT2D eigenvalue weighted by molar-refractivity contribution is 1.65. The summed E-state index contributed by atoms with van der Waals surface area (Å²) >= 11 is 3.79. The Morgan fingerprint density at radius 1 is 0.210 bits per heavy atom. The average molecular weight is 823 g/mol. The van der Waals surface area contributed by atoms with E-state index in [1.807, 2.05) is 22.7 Å². The van der Waals surface area contributed by atoms with E-state index in [0.717, 1.165) is 0 Å². The van der Waals surface area contributed by atoms with Gasteiger partial charge in [0.2, 0.25) is 0 Å². The zero-order valence-electron chi connectivity index (χ0n) is 33.8. The van der Waals surface area contributed by atoms with Gasteiger partial charge in [-0.25, -0.2) is 0 Å². The summed E-state index contributed by atoms with van der Waals surface area (Å²) < 4.78 is 0. The molecule has 12 aromatic rings. The molecule has 12 rings (SSSR count). The first-order valence-electron chi connectivity index (χ1n) is 21.2. The van der Waals surface area contributed by atoms with Crippen LogP contribution in [-0.4, -0.2) is 0 Å². The molecular formula is C60H38S2. The molecule has 10 aromatic carbocycles. The van der Waals surface area contributed by atoms with Crippen LogP contribution in [0.15, 0.2) is 231 Å². The van der Waals surface area contributed by atoms with Gasteiger partial charge in [-0.05, 0) is 88.6 Å². The third-order valence-corrected chi connectivity index (χ3v) is 14.7. The van der Waals surface area contributed by atoms with Crippen molar-refractivity contribution in [1.29, 1.82) is 0 Å². The fourth-order valence-electron chi connectivity index (χ4n) is 9.63. The predicted octanol–water partition coefficient (Wildman–Crippen LogP) is 18.1. The van der Waals surface area contributed by atoms with E-state index >= 15 is 0 Å². The summed E-state index contributed by atoms with van der Waals surface area (Å²) in [4.78, 5) is 5.12. The van der Waals surface area contributed by atoms with Crippen molar-refractivity contribution in [3.63, 3.8) is 0 Å². The third kappa shape index (κ3) is 6.02. The fourth-order valence-corrected chi connectivity index (χ4v) is 12.1. The van der Waals surface area contributed by atoms with Crippen LogP contribution in [0, 0.1) is 0 Å². The Labute approximate surface area is 369 Å². The molecule has 2 heterocycles. The SMILES string of the molecule is c1ccc(-c2cc(-c3c4ccccc4c(-c4c5ccccc5c(-c5cc(-c6ccccc6)c(-c6ccccc6)s5)c5ccccc45)c4ccccc34)sc2-c2ccccc2)cc1. The van der Waals surface area contributed by atoms with Crippen molar-refractivity contribution in [1.82, 2.24) is 0 Å². The van der Waals surface area contributed by atoms with Gasteiger partial charge in [-0.15, -0.1) is 22.7 Å². The average Bonchev–Trinajstić information content (AvgIpc) is 4.00. The van der Waals surface area contributed by atoms with Gasteiger partial charge in [0.15, 0.2) is 0 Å². The van der Waals surface area contributed by atoms with Crippen LogP contribution in [0.3, 0.4) is 0 Å². The van der Waals surface area contributed by atoms with Crippen molar-refractivity contribution in [2.45, 2.75) is 0 Å². The minimum atomic E-state index is 1.23. The monoisotopic (exact) mass is 822 g/mol. The van der Waals surface area contributed by atoms with Crippen LogP contribution in [0.2, 0.25) is 0 Å². The second-order valence-electron chi connectivity index (χ2n) is 15.9. The smallest absolute Gasteiger partial charge is 0.0427 e. The van der Waals surface area contributed by atoms with E-state index in [1.54, 1.807) is 0 Å². The largest absolute Gasteiger partial charge is 0.135 e. The maximum Gasteiger partial charge on any atom is 0.0427 e. The molecule has 0 unspecified atom stereocenters. The number of fused-ring (bicyclic) bond motifs is 4. The van der Waals surface area contributed by atoms with Crippen molar-refractivity contribution in [3.05, 3.63) is 231 Å². The summed E-state index contributed by atoms with van der Waals surface area (Å²) in [7, 11) is 0. The van der Waals surface area contributed by atoms with Gasteiger partial charge in [0.25, 0.3) is 0 Å². The Morgan fingerprint density at radius 3 is 0.710 bits per heavy atom. The Hall–Kier alpha value is -7.36. The van der Waals surface area contributed by atoms with Gasteiger partial charge in [0, 0.05) is 41.8 Å². The third-order valence-electron chi connectivity index (χ3n) is 12.3. The molecule has 0 aliphatic heterocycles. The van der Waals surface area contributed by atoms with Gasteiger partial charge in [0.05, 0.1) is 0 Å². The van der Waals surface area contributed by atoms with E-state index < -0.39 is 0 Å². The van der Waals surface area contributed by atoms with Crippen LogP contribution in [0.4, 0.5) is 0 Å². The lowest BCUT2D eigenvalue weighted by atomic mass is 9.82. The highest BCUT2D eigenvalue weighted by atomic mass is 32.1. The van der Waals surface area contributed by atoms with E-state index in [-0.39, 0.29) is 0 Å². The molecule has 0 N–H and O–H groups in total. The first kappa shape index (κ1) is 36.5. The number of thiophene rings is 2. The Morgan fingerprint density at radius 2 is 0.435 bits per heavy atom. The number of rotatable bonds is 7. The molecule has 2 aromatic heterocycles. The van der Waals surface area contributed by atoms with Crippen LogP contribution in [0.1, 0.15) is 0 Å². The van der Waals surface area contributed by atoms with Gasteiger partial charge in [-0.1, -0.05) is 218 Å². The summed E-state index contributed by atoms with van der Waals surface area (Å²) in [6.07, 6.45) is 0. The molecule has 62 heavy (non-hydrogen) atoms. The van der Waals surface area contributed by atoms with E-state index in [4.69, 9.17) is 0 Å². The molecule has 290 valence electrons. The van der Waals surface area contributed by atoms with Gasteiger partial charge in [0.1, 0.15) is 0 Å². The zero-order chi connectivity index (χ0) is 41.0. The molecule has 0 amide bonds. The molecule has 0 bridgehead atoms. The lowest BCUT2D eigenvalue weighted by Crippen LogP contribution is -1.93. The van der Waals surface area contributed by atoms with Crippen molar-refractivity contribution in [2.75, 3.05) is 0 Å². The van der Waals surface area contributed by atoms with E-state index in [1.165, 1.54) is 118 Å². The summed E-state index contributed by atoms with van der Waals surface area (Å²) in [5, 5.41) is 10.1. The first-order chi connectivity index (χ1) is 30.8. The first-order valence-corrected chi connectivity index (χ1v) is 22.8. The Balaban J connectivity index is 1.15. The molecule has 0 saturated carbocycles. The fraction of sp³-hybridized carbons (Fsp3) is 0. The second kappa shape index (κ2) is 15.3. The molecule has 0 nitrogen and oxygen atoms in total. The quantitative estimate of drug-likeness (QED) is 0.141. The molecule has 0 aliphatic rings. The standard InChI is InChI=1S/C60H38S2/c1-5-21-39(22-6-1)51-37-53(61-59(51)41-25-9-3-10-26-41)55-43-29-13-17-33-47(43)57(48-34-18-14-30-44(48)55)58-49-35-19-15-31-45(49)56(46-32-16-20-36-50(46)58)54-38-52(40-23-7-2-8-24-40)60(62-54)42-27-11-4-12-28-42/h1-38H. The van der Waals surface area contributed by atoms with Gasteiger partial charge in [-0.3, -0.25) is 0 Å². The van der Waals surface area contributed by atoms with Crippen LogP contribution in [-0.2, 0) is 0 Å². The second-order valence-corrected chi connectivity index (χ2v) is 18.0. The molecule has 0 spiro atoms. The predicted molar refractivity (Wildman–Crippen MR) is 270 cm³/mol. The van der Waals surface area contributed by atoms with Gasteiger partial charge >= 0.3 is 0 Å². The van der Waals surface area contributed by atoms with E-state index in [2.05, 4.69) is 231 Å². The van der Waals surface area contributed by atoms with Crippen molar-refractivity contribution < 1.29 is 0 Å². The normalized spacial score (nSPS) is 11.5. The highest BCUT2D eigenvalue weighted by Crippen LogP contribution is 2.54. The molecule has 0 aliphatic carbocycles. The molecule has 0 atom stereocenters. The summed E-state index contributed by atoms with van der Waals surface area (Å²) in [6, 6.07) is 84.7. The minimum absolute atomic E-state index is 1.23. The Kier molecular flexibility index (Phi) is 8.99. The van der Waals surface area contributed by atoms with E-state index in [0.29, 0.717) is 0 Å². The maximum absolute atomic E-state index is 2.43. The zero-order valence-corrected chi connectivity index (χ0v) is 35.4. The summed E-state index contributed by atoms with van der Waals surface area (Å²) in [6.45, 7) is 0. The summed E-state index contributed by atoms with van der Waals surface area (Å²) in [5.41, 5.74) is 12.6. The van der Waals surface area contributed by atoms with Gasteiger partial charge < -0.3 is 0 Å². The number of benzene rings is 10. The maximum atomic E-state index is 2.43.